The fraction of sp³-hybridized carbons (Fsp3) is 0.909. The van der Waals surface area contributed by atoms with Crippen LogP contribution < -0.4 is 10.6 Å². The maximum Gasteiger partial charge on any atom is 0.234 e. The van der Waals surface area contributed by atoms with E-state index in [1.54, 1.807) is 7.11 Å². The minimum atomic E-state index is 0.0273. The van der Waals surface area contributed by atoms with Gasteiger partial charge in [0.05, 0.1) is 19.2 Å². The zero-order valence-electron chi connectivity index (χ0n) is 10.5. The molecule has 15 heavy (non-hydrogen) atoms. The third-order valence-corrected chi connectivity index (χ3v) is 2.17. The molecule has 0 aliphatic heterocycles. The summed E-state index contributed by atoms with van der Waals surface area (Å²) in [4.78, 5) is 11.5. The van der Waals surface area contributed by atoms with E-state index in [0.717, 1.165) is 0 Å². The van der Waals surface area contributed by atoms with Crippen molar-refractivity contribution in [2.75, 3.05) is 20.3 Å². The fourth-order valence-electron chi connectivity index (χ4n) is 1.13. The average Bonchev–Trinajstić information content (AvgIpc) is 2.14. The highest BCUT2D eigenvalue weighted by molar-refractivity contribution is 5.78. The molecule has 0 aromatic rings. The van der Waals surface area contributed by atoms with Gasteiger partial charge in [-0.1, -0.05) is 27.7 Å². The Kier molecular flexibility index (Phi) is 7.34. The van der Waals surface area contributed by atoms with Crippen LogP contribution in [0.1, 0.15) is 27.7 Å². The Labute approximate surface area is 92.8 Å². The van der Waals surface area contributed by atoms with E-state index in [1.807, 2.05) is 13.8 Å². The van der Waals surface area contributed by atoms with Gasteiger partial charge < -0.3 is 15.4 Å². The van der Waals surface area contributed by atoms with E-state index in [0.29, 0.717) is 25.1 Å². The van der Waals surface area contributed by atoms with Gasteiger partial charge in [-0.15, -0.1) is 0 Å². The Morgan fingerprint density at radius 1 is 1.27 bits per heavy atom. The highest BCUT2D eigenvalue weighted by Crippen LogP contribution is 2.01. The van der Waals surface area contributed by atoms with Crippen molar-refractivity contribution >= 4 is 5.91 Å². The molecule has 0 aliphatic carbocycles. The van der Waals surface area contributed by atoms with Crippen molar-refractivity contribution < 1.29 is 9.53 Å². The molecule has 2 N–H and O–H groups in total. The summed E-state index contributed by atoms with van der Waals surface area (Å²) in [7, 11) is 1.65. The van der Waals surface area contributed by atoms with E-state index < -0.39 is 0 Å². The molecule has 0 saturated heterocycles. The van der Waals surface area contributed by atoms with Crippen LogP contribution >= 0.6 is 0 Å². The predicted molar refractivity (Wildman–Crippen MR) is 61.8 cm³/mol. The minimum absolute atomic E-state index is 0.0273. The summed E-state index contributed by atoms with van der Waals surface area (Å²) in [5, 5.41) is 6.03. The van der Waals surface area contributed by atoms with Crippen molar-refractivity contribution in [1.82, 2.24) is 10.6 Å². The quantitative estimate of drug-likeness (QED) is 0.661. The van der Waals surface area contributed by atoms with Crippen molar-refractivity contribution in [3.8, 4) is 0 Å². The van der Waals surface area contributed by atoms with Crippen molar-refractivity contribution in [3.05, 3.63) is 0 Å². The number of methoxy groups -OCH3 is 1. The van der Waals surface area contributed by atoms with Crippen LogP contribution in [-0.2, 0) is 9.53 Å². The molecule has 0 fully saturated rings. The lowest BCUT2D eigenvalue weighted by Gasteiger charge is -2.21. The summed E-state index contributed by atoms with van der Waals surface area (Å²) in [6.45, 7) is 9.10. The molecule has 4 heteroatoms. The number of carbonyl (C=O) groups is 1. The minimum Gasteiger partial charge on any atom is -0.383 e. The zero-order valence-corrected chi connectivity index (χ0v) is 10.5. The Morgan fingerprint density at radius 3 is 2.27 bits per heavy atom. The van der Waals surface area contributed by atoms with Gasteiger partial charge in [-0.3, -0.25) is 4.79 Å². The van der Waals surface area contributed by atoms with E-state index in [4.69, 9.17) is 4.74 Å². The summed E-state index contributed by atoms with van der Waals surface area (Å²) < 4.78 is 5.06. The van der Waals surface area contributed by atoms with Crippen molar-refractivity contribution in [1.29, 1.82) is 0 Å². The second-order valence-corrected chi connectivity index (χ2v) is 4.41. The van der Waals surface area contributed by atoms with Gasteiger partial charge in [-0.05, 0) is 5.92 Å². The van der Waals surface area contributed by atoms with Crippen LogP contribution in [0.15, 0.2) is 0 Å². The normalized spacial score (nSPS) is 13.3. The van der Waals surface area contributed by atoms with Crippen molar-refractivity contribution in [2.45, 2.75) is 39.8 Å². The highest BCUT2D eigenvalue weighted by Gasteiger charge is 2.15. The lowest BCUT2D eigenvalue weighted by molar-refractivity contribution is -0.121. The molecule has 0 spiro atoms. The second-order valence-electron chi connectivity index (χ2n) is 4.41. The first-order valence-corrected chi connectivity index (χ1v) is 5.49. The molecule has 1 unspecified atom stereocenters. The van der Waals surface area contributed by atoms with E-state index in [1.165, 1.54) is 0 Å². The molecule has 0 bridgehead atoms. The van der Waals surface area contributed by atoms with Crippen LogP contribution in [0, 0.1) is 5.92 Å². The number of hydrogen-bond donors (Lipinski definition) is 2. The van der Waals surface area contributed by atoms with Gasteiger partial charge in [0.2, 0.25) is 5.91 Å². The van der Waals surface area contributed by atoms with Crippen LogP contribution in [0.4, 0.5) is 0 Å². The standard InChI is InChI=1S/C11H24N2O2/c1-8(2)10(7-15-5)13-11(14)6-12-9(3)4/h8-10,12H,6-7H2,1-5H3,(H,13,14). The first-order chi connectivity index (χ1) is 6.97. The highest BCUT2D eigenvalue weighted by atomic mass is 16.5. The van der Waals surface area contributed by atoms with Crippen LogP contribution in [0.25, 0.3) is 0 Å². The maximum atomic E-state index is 11.5. The summed E-state index contributed by atoms with van der Waals surface area (Å²) >= 11 is 0. The molecule has 0 radical (unpaired) electrons. The van der Waals surface area contributed by atoms with E-state index in [2.05, 4.69) is 24.5 Å². The average molecular weight is 216 g/mol. The Balaban J connectivity index is 3.89. The first-order valence-electron chi connectivity index (χ1n) is 5.49. The largest absolute Gasteiger partial charge is 0.383 e. The summed E-state index contributed by atoms with van der Waals surface area (Å²) in [5.74, 6) is 0.410. The Bertz CT molecular complexity index is 181. The van der Waals surface area contributed by atoms with Crippen molar-refractivity contribution in [2.24, 2.45) is 5.92 Å². The fourth-order valence-corrected chi connectivity index (χ4v) is 1.13. The molecule has 0 heterocycles. The molecule has 0 aliphatic rings. The smallest absolute Gasteiger partial charge is 0.234 e. The molecule has 90 valence electrons. The van der Waals surface area contributed by atoms with E-state index in [9.17, 15) is 4.79 Å². The lowest BCUT2D eigenvalue weighted by atomic mass is 10.1. The molecular formula is C11H24N2O2. The Morgan fingerprint density at radius 2 is 1.87 bits per heavy atom. The van der Waals surface area contributed by atoms with Gasteiger partial charge >= 0.3 is 0 Å². The third-order valence-electron chi connectivity index (χ3n) is 2.17. The van der Waals surface area contributed by atoms with E-state index in [-0.39, 0.29) is 11.9 Å². The number of hydrogen-bond acceptors (Lipinski definition) is 3. The second kappa shape index (κ2) is 7.65. The van der Waals surface area contributed by atoms with Gasteiger partial charge in [0.15, 0.2) is 0 Å². The summed E-state index contributed by atoms with van der Waals surface area (Å²) in [6, 6.07) is 0.423. The first kappa shape index (κ1) is 14.4. The Hall–Kier alpha value is -0.610. The predicted octanol–water partition coefficient (Wildman–Crippen LogP) is 0.772. The molecule has 0 aromatic carbocycles. The van der Waals surface area contributed by atoms with Gasteiger partial charge in [-0.2, -0.15) is 0 Å². The molecule has 0 saturated carbocycles. The topological polar surface area (TPSA) is 50.4 Å². The van der Waals surface area contributed by atoms with Gasteiger partial charge in [0.1, 0.15) is 0 Å². The zero-order chi connectivity index (χ0) is 11.8. The number of carbonyl (C=O) groups excluding carboxylic acids is 1. The van der Waals surface area contributed by atoms with Crippen LogP contribution in [0.5, 0.6) is 0 Å². The number of ether oxygens (including phenoxy) is 1. The lowest BCUT2D eigenvalue weighted by Crippen LogP contribution is -2.46. The monoisotopic (exact) mass is 216 g/mol. The van der Waals surface area contributed by atoms with Crippen LogP contribution in [0.3, 0.4) is 0 Å². The SMILES string of the molecule is COCC(NC(=O)CNC(C)C)C(C)C. The van der Waals surface area contributed by atoms with Gasteiger partial charge in [0.25, 0.3) is 0 Å². The van der Waals surface area contributed by atoms with E-state index >= 15 is 0 Å². The molecule has 1 amide bonds. The van der Waals surface area contributed by atoms with Crippen LogP contribution in [-0.4, -0.2) is 38.3 Å². The maximum absolute atomic E-state index is 11.5. The molecular weight excluding hydrogens is 192 g/mol. The molecule has 1 atom stereocenters. The van der Waals surface area contributed by atoms with Gasteiger partial charge in [-0.25, -0.2) is 0 Å². The molecule has 4 nitrogen and oxygen atoms in total. The summed E-state index contributed by atoms with van der Waals surface area (Å²) in [5.41, 5.74) is 0. The molecule has 0 aromatic heterocycles. The number of amides is 1. The molecule has 0 rings (SSSR count). The third kappa shape index (κ3) is 7.33. The van der Waals surface area contributed by atoms with Gasteiger partial charge in [0, 0.05) is 13.2 Å². The van der Waals surface area contributed by atoms with Crippen molar-refractivity contribution in [3.63, 3.8) is 0 Å². The summed E-state index contributed by atoms with van der Waals surface area (Å²) in [6.07, 6.45) is 0. The number of nitrogens with one attached hydrogen (secondary N) is 2. The van der Waals surface area contributed by atoms with Crippen LogP contribution in [0.2, 0.25) is 0 Å². The number of rotatable bonds is 7.